The van der Waals surface area contributed by atoms with Gasteiger partial charge in [-0.25, -0.2) is 9.48 Å². The number of carbonyl (C=O) groups is 2. The second-order valence-corrected chi connectivity index (χ2v) is 8.64. The van der Waals surface area contributed by atoms with E-state index in [-0.39, 0.29) is 18.0 Å². The first-order valence-corrected chi connectivity index (χ1v) is 11.5. The Labute approximate surface area is 205 Å². The van der Waals surface area contributed by atoms with Gasteiger partial charge in [-0.2, -0.15) is 5.10 Å². The molecule has 3 aromatic carbocycles. The standard InChI is InChI=1S/C28H29N5O2/c1-20(2)29-28(35)30-24-14-10-13-22(17-24)27(34)32(3)18-23-19-33(25-15-8-5-9-16-25)31-26(23)21-11-6-4-7-12-21/h4-17,19-20H,18H2,1-3H3,(H2,29,30,35). The highest BCUT2D eigenvalue weighted by molar-refractivity contribution is 5.96. The lowest BCUT2D eigenvalue weighted by molar-refractivity contribution is 0.0785. The number of nitrogens with one attached hydrogen (secondary N) is 2. The van der Waals surface area contributed by atoms with Gasteiger partial charge in [-0.15, -0.1) is 0 Å². The highest BCUT2D eigenvalue weighted by Gasteiger charge is 2.18. The molecule has 1 aromatic heterocycles. The van der Waals surface area contributed by atoms with Crippen molar-refractivity contribution in [1.82, 2.24) is 20.0 Å². The van der Waals surface area contributed by atoms with Crippen molar-refractivity contribution in [3.8, 4) is 16.9 Å². The molecule has 0 aliphatic heterocycles. The molecule has 7 nitrogen and oxygen atoms in total. The van der Waals surface area contributed by atoms with Crippen LogP contribution in [0, 0.1) is 0 Å². The second kappa shape index (κ2) is 10.7. The zero-order chi connectivity index (χ0) is 24.8. The Hall–Kier alpha value is -4.39. The van der Waals surface area contributed by atoms with Crippen LogP contribution in [0.3, 0.4) is 0 Å². The van der Waals surface area contributed by atoms with Gasteiger partial charge >= 0.3 is 6.03 Å². The summed E-state index contributed by atoms with van der Waals surface area (Å²) in [4.78, 5) is 27.0. The number of carbonyl (C=O) groups excluding carboxylic acids is 2. The molecule has 0 fully saturated rings. The first kappa shape index (κ1) is 23.8. The van der Waals surface area contributed by atoms with Gasteiger partial charge in [0.15, 0.2) is 0 Å². The van der Waals surface area contributed by atoms with E-state index in [4.69, 9.17) is 5.10 Å². The monoisotopic (exact) mass is 467 g/mol. The molecule has 0 aliphatic carbocycles. The van der Waals surface area contributed by atoms with Crippen LogP contribution in [-0.2, 0) is 6.54 Å². The van der Waals surface area contributed by atoms with Crippen molar-refractivity contribution in [3.63, 3.8) is 0 Å². The van der Waals surface area contributed by atoms with Gasteiger partial charge < -0.3 is 15.5 Å². The quantitative estimate of drug-likeness (QED) is 0.385. The van der Waals surface area contributed by atoms with Crippen LogP contribution in [0.2, 0.25) is 0 Å². The Morgan fingerprint density at radius 2 is 1.63 bits per heavy atom. The summed E-state index contributed by atoms with van der Waals surface area (Å²) in [5.74, 6) is -0.149. The summed E-state index contributed by atoms with van der Waals surface area (Å²) < 4.78 is 1.84. The predicted molar refractivity (Wildman–Crippen MR) is 139 cm³/mol. The fourth-order valence-corrected chi connectivity index (χ4v) is 3.78. The molecule has 3 amide bonds. The molecule has 0 saturated carbocycles. The van der Waals surface area contributed by atoms with E-state index < -0.39 is 0 Å². The largest absolute Gasteiger partial charge is 0.337 e. The van der Waals surface area contributed by atoms with Gasteiger partial charge in [-0.05, 0) is 44.2 Å². The van der Waals surface area contributed by atoms with Crippen LogP contribution in [0.1, 0.15) is 29.8 Å². The van der Waals surface area contributed by atoms with Crippen LogP contribution in [0.4, 0.5) is 10.5 Å². The van der Waals surface area contributed by atoms with Crippen molar-refractivity contribution in [2.75, 3.05) is 12.4 Å². The minimum atomic E-state index is -0.307. The molecule has 0 aliphatic rings. The predicted octanol–water partition coefficient (Wildman–Crippen LogP) is 5.34. The molecule has 2 N–H and O–H groups in total. The first-order chi connectivity index (χ1) is 16.9. The molecule has 0 unspecified atom stereocenters. The van der Waals surface area contributed by atoms with E-state index in [1.165, 1.54) is 0 Å². The van der Waals surface area contributed by atoms with Crippen LogP contribution in [0.5, 0.6) is 0 Å². The van der Waals surface area contributed by atoms with Crippen molar-refractivity contribution in [2.24, 2.45) is 0 Å². The number of hydrogen-bond donors (Lipinski definition) is 2. The number of benzene rings is 3. The zero-order valence-electron chi connectivity index (χ0n) is 20.1. The minimum Gasteiger partial charge on any atom is -0.337 e. The summed E-state index contributed by atoms with van der Waals surface area (Å²) in [7, 11) is 1.77. The molecule has 1 heterocycles. The van der Waals surface area contributed by atoms with E-state index in [1.807, 2.05) is 85.4 Å². The summed E-state index contributed by atoms with van der Waals surface area (Å²) in [6.45, 7) is 4.15. The Bertz CT molecular complexity index is 1300. The summed E-state index contributed by atoms with van der Waals surface area (Å²) >= 11 is 0. The van der Waals surface area contributed by atoms with E-state index >= 15 is 0 Å². The number of para-hydroxylation sites is 1. The van der Waals surface area contributed by atoms with Crippen molar-refractivity contribution in [1.29, 1.82) is 0 Å². The lowest BCUT2D eigenvalue weighted by Crippen LogP contribution is -2.34. The molecule has 0 radical (unpaired) electrons. The van der Waals surface area contributed by atoms with Gasteiger partial charge in [-0.3, -0.25) is 4.79 Å². The van der Waals surface area contributed by atoms with E-state index in [2.05, 4.69) is 10.6 Å². The van der Waals surface area contributed by atoms with Crippen molar-refractivity contribution in [3.05, 3.63) is 102 Å². The summed E-state index contributed by atoms with van der Waals surface area (Å²) in [5, 5.41) is 10.4. The van der Waals surface area contributed by atoms with Gasteiger partial charge in [0.05, 0.1) is 11.4 Å². The molecule has 4 aromatic rings. The fraction of sp³-hybridized carbons (Fsp3) is 0.179. The van der Waals surface area contributed by atoms with Crippen LogP contribution in [-0.4, -0.2) is 39.7 Å². The molecular formula is C28H29N5O2. The first-order valence-electron chi connectivity index (χ1n) is 11.5. The lowest BCUT2D eigenvalue weighted by Gasteiger charge is -2.18. The molecule has 178 valence electrons. The summed E-state index contributed by atoms with van der Waals surface area (Å²) in [6, 6.07) is 26.5. The minimum absolute atomic E-state index is 0.0153. The van der Waals surface area contributed by atoms with Gasteiger partial charge in [0, 0.05) is 48.2 Å². The van der Waals surface area contributed by atoms with Gasteiger partial charge in [0.25, 0.3) is 5.91 Å². The van der Waals surface area contributed by atoms with Crippen molar-refractivity contribution < 1.29 is 9.59 Å². The van der Waals surface area contributed by atoms with Gasteiger partial charge in [0.1, 0.15) is 0 Å². The van der Waals surface area contributed by atoms with Crippen LogP contribution in [0.15, 0.2) is 91.1 Å². The van der Waals surface area contributed by atoms with E-state index in [1.54, 1.807) is 36.2 Å². The molecule has 7 heteroatoms. The normalized spacial score (nSPS) is 10.7. The van der Waals surface area contributed by atoms with E-state index in [9.17, 15) is 9.59 Å². The smallest absolute Gasteiger partial charge is 0.319 e. The maximum Gasteiger partial charge on any atom is 0.319 e. The molecule has 0 spiro atoms. The third-order valence-corrected chi connectivity index (χ3v) is 5.40. The highest BCUT2D eigenvalue weighted by Crippen LogP contribution is 2.25. The molecule has 0 bridgehead atoms. The summed E-state index contributed by atoms with van der Waals surface area (Å²) in [5.41, 5.74) is 4.75. The molecular weight excluding hydrogens is 438 g/mol. The van der Waals surface area contributed by atoms with Crippen LogP contribution >= 0.6 is 0 Å². The van der Waals surface area contributed by atoms with Crippen molar-refractivity contribution >= 4 is 17.6 Å². The molecule has 0 saturated heterocycles. The summed E-state index contributed by atoms with van der Waals surface area (Å²) in [6.07, 6.45) is 1.97. The van der Waals surface area contributed by atoms with Gasteiger partial charge in [0.2, 0.25) is 0 Å². The van der Waals surface area contributed by atoms with Gasteiger partial charge in [-0.1, -0.05) is 54.6 Å². The zero-order valence-corrected chi connectivity index (χ0v) is 20.1. The maximum absolute atomic E-state index is 13.3. The number of anilines is 1. The number of aromatic nitrogens is 2. The van der Waals surface area contributed by atoms with E-state index in [0.29, 0.717) is 17.8 Å². The average Bonchev–Trinajstić information content (AvgIpc) is 3.28. The SMILES string of the molecule is CC(C)NC(=O)Nc1cccc(C(=O)N(C)Cc2cn(-c3ccccc3)nc2-c2ccccc2)c1. The topological polar surface area (TPSA) is 79.3 Å². The van der Waals surface area contributed by atoms with E-state index in [0.717, 1.165) is 22.5 Å². The third kappa shape index (κ3) is 5.95. The highest BCUT2D eigenvalue weighted by atomic mass is 16.2. The number of rotatable bonds is 7. The van der Waals surface area contributed by atoms with Crippen LogP contribution < -0.4 is 10.6 Å². The lowest BCUT2D eigenvalue weighted by atomic mass is 10.1. The Morgan fingerprint density at radius 3 is 2.31 bits per heavy atom. The Balaban J connectivity index is 1.57. The average molecular weight is 468 g/mol. The van der Waals surface area contributed by atoms with Crippen LogP contribution in [0.25, 0.3) is 16.9 Å². The third-order valence-electron chi connectivity index (χ3n) is 5.40. The van der Waals surface area contributed by atoms with Crippen molar-refractivity contribution in [2.45, 2.75) is 26.4 Å². The maximum atomic E-state index is 13.3. The Kier molecular flexibility index (Phi) is 7.26. The molecule has 0 atom stereocenters. The number of hydrogen-bond acceptors (Lipinski definition) is 3. The fourth-order valence-electron chi connectivity index (χ4n) is 3.78. The number of nitrogens with zero attached hydrogens (tertiary/aromatic N) is 3. The number of urea groups is 1. The Morgan fingerprint density at radius 1 is 0.943 bits per heavy atom. The number of amides is 3. The second-order valence-electron chi connectivity index (χ2n) is 8.64. The molecule has 35 heavy (non-hydrogen) atoms. The molecule has 4 rings (SSSR count).